The third kappa shape index (κ3) is 6.05. The van der Waals surface area contributed by atoms with E-state index in [0.717, 1.165) is 55.1 Å². The van der Waals surface area contributed by atoms with Gasteiger partial charge in [-0.3, -0.25) is 4.79 Å². The van der Waals surface area contributed by atoms with E-state index in [4.69, 9.17) is 4.74 Å². The first-order chi connectivity index (χ1) is 16.5. The van der Waals surface area contributed by atoms with Crippen LogP contribution in [0.1, 0.15) is 44.0 Å². The third-order valence-electron chi connectivity index (χ3n) is 5.73. The fourth-order valence-electron chi connectivity index (χ4n) is 4.05. The Kier molecular flexibility index (Phi) is 7.99. The first kappa shape index (κ1) is 24.0. The van der Waals surface area contributed by atoms with Gasteiger partial charge in [0.05, 0.1) is 25.1 Å². The molecule has 1 heterocycles. The summed E-state index contributed by atoms with van der Waals surface area (Å²) >= 11 is 1.26. The molecule has 0 saturated heterocycles. The van der Waals surface area contributed by atoms with Crippen LogP contribution in [0.3, 0.4) is 0 Å². The van der Waals surface area contributed by atoms with Gasteiger partial charge in [-0.1, -0.05) is 37.1 Å². The van der Waals surface area contributed by atoms with E-state index in [1.54, 1.807) is 7.11 Å². The lowest BCUT2D eigenvalue weighted by atomic mass is 9.95. The first-order valence-electron chi connectivity index (χ1n) is 11.2. The molecule has 1 fully saturated rings. The first-order valence-corrected chi connectivity index (χ1v) is 12.2. The lowest BCUT2D eigenvalue weighted by Crippen LogP contribution is -2.19. The molecule has 0 bridgehead atoms. The summed E-state index contributed by atoms with van der Waals surface area (Å²) in [6.45, 7) is 0.476. The Bertz CT molecular complexity index is 1130. The molecule has 1 saturated carbocycles. The van der Waals surface area contributed by atoms with Gasteiger partial charge >= 0.3 is 0 Å². The topological polar surface area (TPSA) is 81.1 Å². The second-order valence-corrected chi connectivity index (χ2v) is 9.05. The Balaban J connectivity index is 1.45. The quantitative estimate of drug-likeness (QED) is 0.393. The molecule has 0 atom stereocenters. The predicted octanol–water partition coefficient (Wildman–Crippen LogP) is 5.41. The maximum Gasteiger partial charge on any atom is 0.234 e. The normalized spacial score (nSPS) is 14.1. The molecular weight excluding hydrogens is 460 g/mol. The van der Waals surface area contributed by atoms with Crippen LogP contribution in [0.5, 0.6) is 5.75 Å². The van der Waals surface area contributed by atoms with E-state index >= 15 is 0 Å². The molecule has 180 valence electrons. The minimum Gasteiger partial charge on any atom is -0.497 e. The molecule has 7 nitrogen and oxygen atoms in total. The second kappa shape index (κ2) is 11.3. The molecular formula is C24H27F2N5O2S. The van der Waals surface area contributed by atoms with E-state index in [9.17, 15) is 13.6 Å². The van der Waals surface area contributed by atoms with Crippen LogP contribution in [0, 0.1) is 11.6 Å². The van der Waals surface area contributed by atoms with Crippen LogP contribution < -0.4 is 15.4 Å². The van der Waals surface area contributed by atoms with Crippen molar-refractivity contribution in [2.24, 2.45) is 0 Å². The molecule has 34 heavy (non-hydrogen) atoms. The van der Waals surface area contributed by atoms with Gasteiger partial charge in [-0.2, -0.15) is 0 Å². The van der Waals surface area contributed by atoms with Crippen molar-refractivity contribution in [2.45, 2.75) is 49.8 Å². The standard InChI is InChI=1S/C24H27F2N5O2S/c1-33-19-9-5-6-17(13-19)27-14-22-29-30-24(31(22)18-7-3-2-4-8-18)34-15-23(32)28-21-11-10-16(25)12-20(21)26/h5-6,9-13,18,27H,2-4,7-8,14-15H2,1H3,(H,28,32). The van der Waals surface area contributed by atoms with E-state index in [1.165, 1.54) is 24.2 Å². The van der Waals surface area contributed by atoms with Crippen molar-refractivity contribution in [2.75, 3.05) is 23.5 Å². The number of nitrogens with one attached hydrogen (secondary N) is 2. The molecule has 1 aliphatic carbocycles. The van der Waals surface area contributed by atoms with Gasteiger partial charge in [0.25, 0.3) is 0 Å². The van der Waals surface area contributed by atoms with E-state index in [-0.39, 0.29) is 17.5 Å². The Morgan fingerprint density at radius 3 is 2.74 bits per heavy atom. The molecule has 0 aliphatic heterocycles. The third-order valence-corrected chi connectivity index (χ3v) is 6.68. The van der Waals surface area contributed by atoms with Crippen molar-refractivity contribution in [1.29, 1.82) is 0 Å². The number of anilines is 2. The number of rotatable bonds is 9. The van der Waals surface area contributed by atoms with E-state index in [2.05, 4.69) is 25.4 Å². The highest BCUT2D eigenvalue weighted by Crippen LogP contribution is 2.33. The second-order valence-electron chi connectivity index (χ2n) is 8.11. The van der Waals surface area contributed by atoms with Crippen molar-refractivity contribution in [3.63, 3.8) is 0 Å². The van der Waals surface area contributed by atoms with Crippen molar-refractivity contribution in [3.05, 3.63) is 59.9 Å². The van der Waals surface area contributed by atoms with Crippen LogP contribution in [-0.2, 0) is 11.3 Å². The van der Waals surface area contributed by atoms with Crippen LogP contribution in [-0.4, -0.2) is 33.5 Å². The minimum atomic E-state index is -0.811. The molecule has 2 N–H and O–H groups in total. The Morgan fingerprint density at radius 1 is 1.15 bits per heavy atom. The molecule has 2 aromatic carbocycles. The minimum absolute atomic E-state index is 0.0327. The maximum atomic E-state index is 13.9. The number of methoxy groups -OCH3 is 1. The average molecular weight is 488 g/mol. The van der Waals surface area contributed by atoms with Crippen LogP contribution in [0.15, 0.2) is 47.6 Å². The van der Waals surface area contributed by atoms with Crippen LogP contribution in [0.4, 0.5) is 20.2 Å². The van der Waals surface area contributed by atoms with E-state index < -0.39 is 17.5 Å². The molecule has 1 aliphatic rings. The average Bonchev–Trinajstić information content (AvgIpc) is 3.26. The van der Waals surface area contributed by atoms with Crippen molar-refractivity contribution >= 4 is 29.0 Å². The van der Waals surface area contributed by atoms with Gasteiger partial charge in [0, 0.05) is 23.9 Å². The number of hydrogen-bond donors (Lipinski definition) is 2. The number of hydrogen-bond acceptors (Lipinski definition) is 6. The Hall–Kier alpha value is -3.14. The largest absolute Gasteiger partial charge is 0.497 e. The van der Waals surface area contributed by atoms with Gasteiger partial charge < -0.3 is 19.9 Å². The highest BCUT2D eigenvalue weighted by atomic mass is 32.2. The SMILES string of the molecule is COc1cccc(NCc2nnc(SCC(=O)Nc3ccc(F)cc3F)n2C2CCCCC2)c1. The zero-order chi connectivity index (χ0) is 23.9. The van der Waals surface area contributed by atoms with Crippen LogP contribution in [0.2, 0.25) is 0 Å². The summed E-state index contributed by atoms with van der Waals surface area (Å²) in [4.78, 5) is 12.4. The molecule has 10 heteroatoms. The number of halogens is 2. The Morgan fingerprint density at radius 2 is 1.97 bits per heavy atom. The fourth-order valence-corrected chi connectivity index (χ4v) is 4.88. The molecule has 4 rings (SSSR count). The molecule has 3 aromatic rings. The van der Waals surface area contributed by atoms with Crippen molar-refractivity contribution in [3.8, 4) is 5.75 Å². The monoisotopic (exact) mass is 487 g/mol. The number of aromatic nitrogens is 3. The van der Waals surface area contributed by atoms with Gasteiger partial charge in [0.15, 0.2) is 11.0 Å². The predicted molar refractivity (Wildman–Crippen MR) is 128 cm³/mol. The summed E-state index contributed by atoms with van der Waals surface area (Å²) in [7, 11) is 1.63. The van der Waals surface area contributed by atoms with Crippen LogP contribution in [0.25, 0.3) is 0 Å². The lowest BCUT2D eigenvalue weighted by Gasteiger charge is -2.25. The van der Waals surface area contributed by atoms with Gasteiger partial charge in [0.1, 0.15) is 17.4 Å². The van der Waals surface area contributed by atoms with Gasteiger partial charge in [-0.05, 0) is 37.1 Å². The van der Waals surface area contributed by atoms with Gasteiger partial charge in [0.2, 0.25) is 5.91 Å². The van der Waals surface area contributed by atoms with E-state index in [0.29, 0.717) is 11.7 Å². The van der Waals surface area contributed by atoms with Crippen molar-refractivity contribution < 1.29 is 18.3 Å². The number of benzene rings is 2. The highest BCUT2D eigenvalue weighted by Gasteiger charge is 2.23. The molecule has 0 unspecified atom stereocenters. The number of carbonyl (C=O) groups is 1. The summed E-state index contributed by atoms with van der Waals surface area (Å²) in [5.74, 6) is -0.314. The van der Waals surface area contributed by atoms with Gasteiger partial charge in [-0.25, -0.2) is 8.78 Å². The zero-order valence-corrected chi connectivity index (χ0v) is 19.7. The number of ether oxygens (including phenoxy) is 1. The summed E-state index contributed by atoms with van der Waals surface area (Å²) in [5, 5.41) is 15.3. The number of nitrogens with zero attached hydrogens (tertiary/aromatic N) is 3. The Labute approximate surface area is 201 Å². The zero-order valence-electron chi connectivity index (χ0n) is 18.9. The summed E-state index contributed by atoms with van der Waals surface area (Å²) < 4.78 is 34.4. The maximum absolute atomic E-state index is 13.9. The number of thioether (sulfide) groups is 1. The van der Waals surface area contributed by atoms with E-state index in [1.807, 2.05) is 24.3 Å². The van der Waals surface area contributed by atoms with Crippen LogP contribution >= 0.6 is 11.8 Å². The fraction of sp³-hybridized carbons (Fsp3) is 0.375. The smallest absolute Gasteiger partial charge is 0.234 e. The number of amides is 1. The van der Waals surface area contributed by atoms with Gasteiger partial charge in [-0.15, -0.1) is 10.2 Å². The highest BCUT2D eigenvalue weighted by molar-refractivity contribution is 7.99. The molecule has 0 radical (unpaired) electrons. The summed E-state index contributed by atoms with van der Waals surface area (Å²) in [6.07, 6.45) is 5.56. The molecule has 1 amide bonds. The molecule has 1 aromatic heterocycles. The molecule has 0 spiro atoms. The summed E-state index contributed by atoms with van der Waals surface area (Å²) in [6, 6.07) is 11.0. The summed E-state index contributed by atoms with van der Waals surface area (Å²) in [5.41, 5.74) is 0.858. The van der Waals surface area contributed by atoms with Crippen molar-refractivity contribution in [1.82, 2.24) is 14.8 Å². The lowest BCUT2D eigenvalue weighted by molar-refractivity contribution is -0.113. The number of carbonyl (C=O) groups excluding carboxylic acids is 1.